The molecule has 0 radical (unpaired) electrons. The molecule has 2 aromatic carbocycles. The highest BCUT2D eigenvalue weighted by Crippen LogP contribution is 2.22. The van der Waals surface area contributed by atoms with E-state index in [9.17, 15) is 9.59 Å². The molecule has 0 spiro atoms. The number of amides is 3. The highest BCUT2D eigenvalue weighted by molar-refractivity contribution is 5.92. The van der Waals surface area contributed by atoms with Crippen LogP contribution in [-0.4, -0.2) is 64.6 Å². The van der Waals surface area contributed by atoms with Crippen molar-refractivity contribution in [3.63, 3.8) is 0 Å². The first-order valence-electron chi connectivity index (χ1n) is 11.0. The molecule has 2 N–H and O–H groups in total. The Morgan fingerprint density at radius 2 is 1.61 bits per heavy atom. The molecule has 33 heavy (non-hydrogen) atoms. The zero-order valence-corrected chi connectivity index (χ0v) is 18.8. The minimum atomic E-state index is -0.156. The lowest BCUT2D eigenvalue weighted by Gasteiger charge is -2.34. The molecular formula is C24H28N6O3. The molecule has 0 atom stereocenters. The molecule has 3 aromatic rings. The summed E-state index contributed by atoms with van der Waals surface area (Å²) in [6.45, 7) is 6.72. The maximum absolute atomic E-state index is 12.6. The molecular weight excluding hydrogens is 420 g/mol. The van der Waals surface area contributed by atoms with Gasteiger partial charge in [0.25, 0.3) is 5.89 Å². The first-order chi connectivity index (χ1) is 16.0. The molecule has 1 aromatic heterocycles. The lowest BCUT2D eigenvalue weighted by atomic mass is 10.2. The number of piperazine rings is 1. The van der Waals surface area contributed by atoms with Crippen LogP contribution in [0.5, 0.6) is 0 Å². The van der Waals surface area contributed by atoms with Crippen LogP contribution >= 0.6 is 0 Å². The number of aromatic nitrogens is 2. The fourth-order valence-corrected chi connectivity index (χ4v) is 3.52. The summed E-state index contributed by atoms with van der Waals surface area (Å²) in [6.07, 6.45) is 0. The van der Waals surface area contributed by atoms with E-state index < -0.39 is 0 Å². The summed E-state index contributed by atoms with van der Waals surface area (Å²) in [6, 6.07) is 16.6. The summed E-state index contributed by atoms with van der Waals surface area (Å²) in [5.74, 6) is 1.27. The van der Waals surface area contributed by atoms with Crippen LogP contribution in [0.2, 0.25) is 0 Å². The van der Waals surface area contributed by atoms with Crippen molar-refractivity contribution in [2.45, 2.75) is 19.8 Å². The summed E-state index contributed by atoms with van der Waals surface area (Å²) in [5.41, 5.74) is 2.28. The largest absolute Gasteiger partial charge is 0.334 e. The number of benzene rings is 2. The van der Waals surface area contributed by atoms with Crippen LogP contribution in [0.25, 0.3) is 11.5 Å². The third-order valence-electron chi connectivity index (χ3n) is 5.43. The number of carbonyl (C=O) groups excluding carboxylic acids is 2. The maximum Gasteiger partial charge on any atom is 0.321 e. The minimum absolute atomic E-state index is 0.0547. The number of hydrogen-bond donors (Lipinski definition) is 2. The first-order valence-corrected chi connectivity index (χ1v) is 11.0. The summed E-state index contributed by atoms with van der Waals surface area (Å²) in [7, 11) is 0. The SMILES string of the molecule is CC(C)c1noc(-c2ccc(NC(=O)N3CCN(CC(=O)Nc4ccccc4)CC3)cc2)n1. The third-order valence-corrected chi connectivity index (χ3v) is 5.43. The van der Waals surface area contributed by atoms with Crippen LogP contribution in [0.1, 0.15) is 25.6 Å². The zero-order chi connectivity index (χ0) is 23.2. The van der Waals surface area contributed by atoms with E-state index in [2.05, 4.69) is 20.8 Å². The van der Waals surface area contributed by atoms with Gasteiger partial charge in [0.2, 0.25) is 5.91 Å². The Balaban J connectivity index is 1.24. The quantitative estimate of drug-likeness (QED) is 0.597. The number of urea groups is 1. The Kier molecular flexibility index (Phi) is 6.99. The van der Waals surface area contributed by atoms with Gasteiger partial charge in [-0.15, -0.1) is 0 Å². The van der Waals surface area contributed by atoms with E-state index in [0.29, 0.717) is 50.1 Å². The smallest absolute Gasteiger partial charge is 0.321 e. The number of nitrogens with one attached hydrogen (secondary N) is 2. The molecule has 4 rings (SSSR count). The maximum atomic E-state index is 12.6. The van der Waals surface area contributed by atoms with E-state index >= 15 is 0 Å². The minimum Gasteiger partial charge on any atom is -0.334 e. The van der Waals surface area contributed by atoms with Gasteiger partial charge in [0.1, 0.15) is 0 Å². The van der Waals surface area contributed by atoms with Gasteiger partial charge in [-0.1, -0.05) is 37.2 Å². The fourth-order valence-electron chi connectivity index (χ4n) is 3.52. The van der Waals surface area contributed by atoms with E-state index in [4.69, 9.17) is 4.52 Å². The number of nitrogens with zero attached hydrogens (tertiary/aromatic N) is 4. The fraction of sp³-hybridized carbons (Fsp3) is 0.333. The molecule has 1 saturated heterocycles. The van der Waals surface area contributed by atoms with Crippen LogP contribution in [-0.2, 0) is 4.79 Å². The predicted molar refractivity (Wildman–Crippen MR) is 126 cm³/mol. The molecule has 9 heteroatoms. The second-order valence-corrected chi connectivity index (χ2v) is 8.30. The van der Waals surface area contributed by atoms with Crippen molar-refractivity contribution in [3.8, 4) is 11.5 Å². The number of hydrogen-bond acceptors (Lipinski definition) is 6. The first kappa shape index (κ1) is 22.5. The highest BCUT2D eigenvalue weighted by atomic mass is 16.5. The molecule has 1 aliphatic heterocycles. The van der Waals surface area contributed by atoms with Crippen LogP contribution in [0, 0.1) is 0 Å². The molecule has 3 amide bonds. The van der Waals surface area contributed by atoms with Crippen LogP contribution < -0.4 is 10.6 Å². The van der Waals surface area contributed by atoms with Crippen molar-refractivity contribution < 1.29 is 14.1 Å². The van der Waals surface area contributed by atoms with Crippen LogP contribution in [0.3, 0.4) is 0 Å². The average molecular weight is 449 g/mol. The van der Waals surface area contributed by atoms with E-state index in [1.165, 1.54) is 0 Å². The van der Waals surface area contributed by atoms with Crippen molar-refractivity contribution in [2.75, 3.05) is 43.4 Å². The molecule has 0 unspecified atom stereocenters. The number of anilines is 2. The zero-order valence-electron chi connectivity index (χ0n) is 18.8. The summed E-state index contributed by atoms with van der Waals surface area (Å²) >= 11 is 0. The van der Waals surface area contributed by atoms with Gasteiger partial charge in [-0.3, -0.25) is 9.69 Å². The number of rotatable bonds is 6. The molecule has 9 nitrogen and oxygen atoms in total. The molecule has 2 heterocycles. The third kappa shape index (κ3) is 5.95. The van der Waals surface area contributed by atoms with E-state index in [-0.39, 0.29) is 17.9 Å². The summed E-state index contributed by atoms with van der Waals surface area (Å²) in [4.78, 5) is 33.1. The van der Waals surface area contributed by atoms with Gasteiger partial charge in [-0.05, 0) is 36.4 Å². The van der Waals surface area contributed by atoms with Crippen molar-refractivity contribution >= 4 is 23.3 Å². The normalized spacial score (nSPS) is 14.3. The average Bonchev–Trinajstić information content (AvgIpc) is 3.31. The standard InChI is InChI=1S/C24H28N6O3/c1-17(2)22-27-23(33-28-22)18-8-10-20(11-9-18)26-24(32)30-14-12-29(13-15-30)16-21(31)25-19-6-4-3-5-7-19/h3-11,17H,12-16H2,1-2H3,(H,25,31)(H,26,32). The van der Waals surface area contributed by atoms with E-state index in [1.807, 2.05) is 73.3 Å². The Morgan fingerprint density at radius 1 is 0.939 bits per heavy atom. The van der Waals surface area contributed by atoms with Gasteiger partial charge in [0.05, 0.1) is 6.54 Å². The summed E-state index contributed by atoms with van der Waals surface area (Å²) < 4.78 is 5.31. The Labute approximate surface area is 192 Å². The monoisotopic (exact) mass is 448 g/mol. The number of carbonyl (C=O) groups is 2. The van der Waals surface area contributed by atoms with Gasteiger partial charge >= 0.3 is 6.03 Å². The van der Waals surface area contributed by atoms with Crippen molar-refractivity contribution in [1.82, 2.24) is 19.9 Å². The Bertz CT molecular complexity index is 1070. The molecule has 1 aliphatic rings. The highest BCUT2D eigenvalue weighted by Gasteiger charge is 2.22. The van der Waals surface area contributed by atoms with E-state index in [1.54, 1.807) is 4.90 Å². The van der Waals surface area contributed by atoms with E-state index in [0.717, 1.165) is 11.3 Å². The second kappa shape index (κ2) is 10.3. The van der Waals surface area contributed by atoms with Gasteiger partial charge in [0.15, 0.2) is 5.82 Å². The topological polar surface area (TPSA) is 104 Å². The number of para-hydroxylation sites is 1. The Hall–Kier alpha value is -3.72. The molecule has 1 fully saturated rings. The summed E-state index contributed by atoms with van der Waals surface area (Å²) in [5, 5.41) is 9.79. The Morgan fingerprint density at radius 3 is 2.24 bits per heavy atom. The van der Waals surface area contributed by atoms with Crippen LogP contribution in [0.15, 0.2) is 59.1 Å². The van der Waals surface area contributed by atoms with Crippen molar-refractivity contribution in [1.29, 1.82) is 0 Å². The van der Waals surface area contributed by atoms with Gasteiger partial charge in [-0.25, -0.2) is 4.79 Å². The second-order valence-electron chi connectivity index (χ2n) is 8.30. The molecule has 172 valence electrons. The van der Waals surface area contributed by atoms with Crippen LogP contribution in [0.4, 0.5) is 16.2 Å². The van der Waals surface area contributed by atoms with Gasteiger partial charge < -0.3 is 20.1 Å². The van der Waals surface area contributed by atoms with Crippen molar-refractivity contribution in [2.24, 2.45) is 0 Å². The van der Waals surface area contributed by atoms with Crippen molar-refractivity contribution in [3.05, 3.63) is 60.4 Å². The molecule has 0 saturated carbocycles. The predicted octanol–water partition coefficient (Wildman–Crippen LogP) is 3.65. The van der Waals surface area contributed by atoms with Gasteiger partial charge in [0, 0.05) is 49.0 Å². The molecule has 0 bridgehead atoms. The van der Waals surface area contributed by atoms with Gasteiger partial charge in [-0.2, -0.15) is 4.98 Å². The molecule has 0 aliphatic carbocycles. The lowest BCUT2D eigenvalue weighted by Crippen LogP contribution is -2.51. The lowest BCUT2D eigenvalue weighted by molar-refractivity contribution is -0.117.